The molecular weight excluding hydrogens is 419 g/mol. The van der Waals surface area contributed by atoms with Gasteiger partial charge in [-0.05, 0) is 61.7 Å². The first kappa shape index (κ1) is 22.2. The molecule has 7 heteroatoms. The van der Waals surface area contributed by atoms with Gasteiger partial charge in [-0.25, -0.2) is 4.39 Å². The van der Waals surface area contributed by atoms with Crippen molar-refractivity contribution in [2.45, 2.75) is 20.3 Å². The molecule has 2 aromatic heterocycles. The van der Waals surface area contributed by atoms with Gasteiger partial charge in [0.1, 0.15) is 5.82 Å². The van der Waals surface area contributed by atoms with Crippen LogP contribution in [0.2, 0.25) is 0 Å². The maximum atomic E-state index is 14.2. The molecule has 0 aliphatic rings. The number of carbonyl (C=O) groups is 2. The van der Waals surface area contributed by atoms with Crippen molar-refractivity contribution in [3.63, 3.8) is 0 Å². The lowest BCUT2D eigenvalue weighted by atomic mass is 10.0. The highest BCUT2D eigenvalue weighted by Crippen LogP contribution is 2.28. The van der Waals surface area contributed by atoms with Crippen molar-refractivity contribution < 1.29 is 14.0 Å². The van der Waals surface area contributed by atoms with Crippen LogP contribution in [0.25, 0.3) is 22.2 Å². The van der Waals surface area contributed by atoms with Crippen molar-refractivity contribution in [1.29, 1.82) is 0 Å². The predicted molar refractivity (Wildman–Crippen MR) is 127 cm³/mol. The monoisotopic (exact) mass is 444 g/mol. The second-order valence-electron chi connectivity index (χ2n) is 7.94. The smallest absolute Gasteiger partial charge is 0.251 e. The molecule has 0 saturated carbocycles. The topological polar surface area (TPSA) is 86.9 Å². The molecule has 33 heavy (non-hydrogen) atoms. The largest absolute Gasteiger partial charge is 0.356 e. The van der Waals surface area contributed by atoms with Crippen LogP contribution < -0.4 is 10.6 Å². The molecule has 2 heterocycles. The van der Waals surface area contributed by atoms with E-state index in [0.29, 0.717) is 35.3 Å². The molecule has 0 bridgehead atoms. The second kappa shape index (κ2) is 9.24. The van der Waals surface area contributed by atoms with Gasteiger partial charge in [0, 0.05) is 47.6 Å². The van der Waals surface area contributed by atoms with Gasteiger partial charge >= 0.3 is 0 Å². The summed E-state index contributed by atoms with van der Waals surface area (Å²) >= 11 is 0. The Balaban J connectivity index is 1.49. The summed E-state index contributed by atoms with van der Waals surface area (Å²) in [5, 5.41) is 6.42. The van der Waals surface area contributed by atoms with Gasteiger partial charge in [-0.3, -0.25) is 14.6 Å². The van der Waals surface area contributed by atoms with Crippen molar-refractivity contribution in [1.82, 2.24) is 20.6 Å². The van der Waals surface area contributed by atoms with Gasteiger partial charge in [0.15, 0.2) is 0 Å². The summed E-state index contributed by atoms with van der Waals surface area (Å²) in [6.45, 7) is 4.28. The first-order valence-electron chi connectivity index (χ1n) is 10.7. The van der Waals surface area contributed by atoms with Crippen LogP contribution in [-0.4, -0.2) is 35.4 Å². The Morgan fingerprint density at radius 2 is 1.82 bits per heavy atom. The average Bonchev–Trinajstić information content (AvgIpc) is 3.18. The summed E-state index contributed by atoms with van der Waals surface area (Å²) in [7, 11) is 1.58. The van der Waals surface area contributed by atoms with Gasteiger partial charge in [-0.2, -0.15) is 0 Å². The van der Waals surface area contributed by atoms with E-state index < -0.39 is 0 Å². The van der Waals surface area contributed by atoms with Crippen LogP contribution in [0, 0.1) is 19.7 Å². The Kier molecular flexibility index (Phi) is 6.22. The molecule has 0 fully saturated rings. The van der Waals surface area contributed by atoms with Crippen LogP contribution in [0.1, 0.15) is 37.5 Å². The third-order valence-electron chi connectivity index (χ3n) is 5.76. The van der Waals surface area contributed by atoms with Crippen LogP contribution in [0.15, 0.2) is 54.7 Å². The number of hydrogen-bond donors (Lipinski definition) is 3. The van der Waals surface area contributed by atoms with E-state index in [1.807, 2.05) is 19.9 Å². The van der Waals surface area contributed by atoms with E-state index in [2.05, 4.69) is 20.6 Å². The maximum Gasteiger partial charge on any atom is 0.251 e. The van der Waals surface area contributed by atoms with Gasteiger partial charge in [0.25, 0.3) is 11.8 Å². The number of carbonyl (C=O) groups excluding carboxylic acids is 2. The molecule has 6 nitrogen and oxygen atoms in total. The summed E-state index contributed by atoms with van der Waals surface area (Å²) in [5.41, 5.74) is 5.75. The minimum atomic E-state index is -0.279. The third-order valence-corrected chi connectivity index (χ3v) is 5.76. The number of halogens is 1. The zero-order valence-corrected chi connectivity index (χ0v) is 18.8. The number of pyridine rings is 1. The van der Waals surface area contributed by atoms with Gasteiger partial charge in [-0.1, -0.05) is 18.2 Å². The molecule has 4 rings (SSSR count). The lowest BCUT2D eigenvalue weighted by molar-refractivity contribution is 0.0949. The molecule has 0 atom stereocenters. The average molecular weight is 445 g/mol. The number of nitrogens with zero attached hydrogens (tertiary/aromatic N) is 1. The van der Waals surface area contributed by atoms with Gasteiger partial charge in [0.05, 0.1) is 11.2 Å². The lowest BCUT2D eigenvalue weighted by Gasteiger charge is -2.09. The van der Waals surface area contributed by atoms with Crippen LogP contribution >= 0.6 is 0 Å². The number of aromatic nitrogens is 2. The predicted octanol–water partition coefficient (Wildman–Crippen LogP) is 4.32. The summed E-state index contributed by atoms with van der Waals surface area (Å²) in [4.78, 5) is 32.2. The molecule has 2 amide bonds. The number of H-pyrrole nitrogens is 1. The first-order chi connectivity index (χ1) is 15.9. The standard InChI is InChI=1S/C26H25FN4O2/c1-15-7-8-21(27)24-23(15)20(16(2)31-24)10-12-30-26(33)19-9-11-29-22(14-19)17-5-4-6-18(13-17)25(32)28-3/h4-9,11,13-14,31H,10,12H2,1-3H3,(H,28,32)(H,30,33). The molecule has 2 aromatic carbocycles. The molecule has 0 radical (unpaired) electrons. The SMILES string of the molecule is CNC(=O)c1cccc(-c2cc(C(=O)NCCc3c(C)[nH]c4c(F)ccc(C)c34)ccn2)c1. The number of fused-ring (bicyclic) bond motifs is 1. The fraction of sp³-hybridized carbons (Fsp3) is 0.192. The molecule has 3 N–H and O–H groups in total. The fourth-order valence-corrected chi connectivity index (χ4v) is 4.05. The highest BCUT2D eigenvalue weighted by molar-refractivity contribution is 5.96. The van der Waals surface area contributed by atoms with Gasteiger partial charge < -0.3 is 15.6 Å². The second-order valence-corrected chi connectivity index (χ2v) is 7.94. The minimum absolute atomic E-state index is 0.187. The Hall–Kier alpha value is -4.00. The molecule has 4 aromatic rings. The van der Waals surface area contributed by atoms with E-state index in [9.17, 15) is 14.0 Å². The summed E-state index contributed by atoms with van der Waals surface area (Å²) in [6, 6.07) is 13.7. The number of aromatic amines is 1. The van der Waals surface area contributed by atoms with E-state index in [1.165, 1.54) is 6.07 Å². The van der Waals surface area contributed by atoms with Crippen LogP contribution in [0.5, 0.6) is 0 Å². The summed E-state index contributed by atoms with van der Waals surface area (Å²) in [6.07, 6.45) is 2.15. The zero-order chi connectivity index (χ0) is 23.5. The number of benzene rings is 2. The van der Waals surface area contributed by atoms with E-state index in [1.54, 1.807) is 49.6 Å². The summed E-state index contributed by atoms with van der Waals surface area (Å²) < 4.78 is 14.2. The molecule has 0 spiro atoms. The Morgan fingerprint density at radius 3 is 2.61 bits per heavy atom. The molecule has 0 aliphatic carbocycles. The number of hydrogen-bond acceptors (Lipinski definition) is 3. The van der Waals surface area contributed by atoms with E-state index in [0.717, 1.165) is 27.8 Å². The Bertz CT molecular complexity index is 1360. The van der Waals surface area contributed by atoms with Crippen molar-refractivity contribution >= 4 is 22.7 Å². The fourth-order valence-electron chi connectivity index (χ4n) is 4.05. The Labute approximate surface area is 191 Å². The van der Waals surface area contributed by atoms with E-state index in [4.69, 9.17) is 0 Å². The number of rotatable bonds is 6. The molecule has 0 saturated heterocycles. The first-order valence-corrected chi connectivity index (χ1v) is 10.7. The highest BCUT2D eigenvalue weighted by Gasteiger charge is 2.15. The van der Waals surface area contributed by atoms with Crippen molar-refractivity contribution in [3.8, 4) is 11.3 Å². The number of amides is 2. The molecule has 168 valence electrons. The highest BCUT2D eigenvalue weighted by atomic mass is 19.1. The molecular formula is C26H25FN4O2. The quantitative estimate of drug-likeness (QED) is 0.414. The van der Waals surface area contributed by atoms with E-state index in [-0.39, 0.29) is 17.6 Å². The zero-order valence-electron chi connectivity index (χ0n) is 18.8. The van der Waals surface area contributed by atoms with Crippen molar-refractivity contribution in [2.24, 2.45) is 0 Å². The molecule has 0 unspecified atom stereocenters. The normalized spacial score (nSPS) is 10.9. The van der Waals surface area contributed by atoms with Crippen LogP contribution in [-0.2, 0) is 6.42 Å². The Morgan fingerprint density at radius 1 is 1.03 bits per heavy atom. The third kappa shape index (κ3) is 4.48. The minimum Gasteiger partial charge on any atom is -0.356 e. The maximum absolute atomic E-state index is 14.2. The number of nitrogens with one attached hydrogen (secondary N) is 3. The van der Waals surface area contributed by atoms with Gasteiger partial charge in [0.2, 0.25) is 0 Å². The van der Waals surface area contributed by atoms with Crippen molar-refractivity contribution in [3.05, 3.63) is 88.5 Å². The van der Waals surface area contributed by atoms with E-state index >= 15 is 0 Å². The summed E-state index contributed by atoms with van der Waals surface area (Å²) in [5.74, 6) is -0.686. The van der Waals surface area contributed by atoms with Crippen LogP contribution in [0.4, 0.5) is 4.39 Å². The van der Waals surface area contributed by atoms with Gasteiger partial charge in [-0.15, -0.1) is 0 Å². The lowest BCUT2D eigenvalue weighted by Crippen LogP contribution is -2.25. The molecule has 0 aliphatic heterocycles. The number of aryl methyl sites for hydroxylation is 2. The van der Waals surface area contributed by atoms with Crippen molar-refractivity contribution in [2.75, 3.05) is 13.6 Å². The van der Waals surface area contributed by atoms with Crippen LogP contribution in [0.3, 0.4) is 0 Å².